The Hall–Kier alpha value is -3.94. The van der Waals surface area contributed by atoms with Crippen molar-refractivity contribution in [1.82, 2.24) is 0 Å². The first-order valence-corrected chi connectivity index (χ1v) is 12.6. The number of hydrogen-bond acceptors (Lipinski definition) is 5. The fraction of sp³-hybridized carbons (Fsp3) is 0.103. The van der Waals surface area contributed by atoms with Gasteiger partial charge in [-0.05, 0) is 72.3 Å². The van der Waals surface area contributed by atoms with E-state index < -0.39 is 5.25 Å². The highest BCUT2D eigenvalue weighted by atomic mass is 35.5. The number of carbonyl (C=O) groups is 2. The van der Waals surface area contributed by atoms with E-state index in [-0.39, 0.29) is 11.8 Å². The average Bonchev–Trinajstić information content (AvgIpc) is 2.93. The Bertz CT molecular complexity index is 1360. The molecule has 0 aliphatic rings. The number of methoxy groups -OCH3 is 2. The second kappa shape index (κ2) is 12.3. The molecule has 37 heavy (non-hydrogen) atoms. The second-order valence-electron chi connectivity index (χ2n) is 7.95. The van der Waals surface area contributed by atoms with E-state index in [1.54, 1.807) is 61.7 Å². The summed E-state index contributed by atoms with van der Waals surface area (Å²) in [5.74, 6) is 0.606. The Labute approximate surface area is 225 Å². The predicted molar refractivity (Wildman–Crippen MR) is 149 cm³/mol. The van der Waals surface area contributed by atoms with Gasteiger partial charge in [0.25, 0.3) is 5.91 Å². The summed E-state index contributed by atoms with van der Waals surface area (Å²) in [5, 5.41) is 5.97. The summed E-state index contributed by atoms with van der Waals surface area (Å²) in [4.78, 5) is 26.8. The summed E-state index contributed by atoms with van der Waals surface area (Å²) in [5.41, 5.74) is 2.62. The zero-order valence-corrected chi connectivity index (χ0v) is 21.8. The van der Waals surface area contributed by atoms with Crippen molar-refractivity contribution in [3.63, 3.8) is 0 Å². The highest BCUT2D eigenvalue weighted by Crippen LogP contribution is 2.37. The van der Waals surface area contributed by atoms with E-state index in [0.29, 0.717) is 33.5 Å². The Kier molecular flexibility index (Phi) is 8.72. The SMILES string of the molecule is COc1ccc(C(=O)Nc2ccc(SC(C(=O)Nc3ccc(Cl)cc3)c3ccccc3)cc2)cc1OC. The number of amides is 2. The minimum Gasteiger partial charge on any atom is -0.493 e. The lowest BCUT2D eigenvalue weighted by Crippen LogP contribution is -2.19. The van der Waals surface area contributed by atoms with Gasteiger partial charge in [0, 0.05) is 26.9 Å². The monoisotopic (exact) mass is 532 g/mol. The van der Waals surface area contributed by atoms with E-state index in [9.17, 15) is 9.59 Å². The van der Waals surface area contributed by atoms with Crippen molar-refractivity contribution < 1.29 is 19.1 Å². The van der Waals surface area contributed by atoms with E-state index in [0.717, 1.165) is 10.5 Å². The van der Waals surface area contributed by atoms with Gasteiger partial charge in [0.05, 0.1) is 14.2 Å². The fourth-order valence-electron chi connectivity index (χ4n) is 3.58. The molecule has 0 aliphatic heterocycles. The highest BCUT2D eigenvalue weighted by Gasteiger charge is 2.22. The van der Waals surface area contributed by atoms with Crippen molar-refractivity contribution in [1.29, 1.82) is 0 Å². The smallest absolute Gasteiger partial charge is 0.255 e. The molecule has 4 aromatic carbocycles. The van der Waals surface area contributed by atoms with E-state index >= 15 is 0 Å². The molecule has 0 aliphatic carbocycles. The molecule has 0 fully saturated rings. The van der Waals surface area contributed by atoms with Gasteiger partial charge < -0.3 is 20.1 Å². The Morgan fingerprint density at radius 3 is 2.03 bits per heavy atom. The maximum Gasteiger partial charge on any atom is 0.255 e. The third-order valence-corrected chi connectivity index (χ3v) is 6.98. The topological polar surface area (TPSA) is 76.7 Å². The largest absolute Gasteiger partial charge is 0.493 e. The molecule has 8 heteroatoms. The van der Waals surface area contributed by atoms with Crippen LogP contribution in [0, 0.1) is 0 Å². The van der Waals surface area contributed by atoms with Crippen LogP contribution in [0.5, 0.6) is 11.5 Å². The molecule has 188 valence electrons. The Morgan fingerprint density at radius 2 is 1.38 bits per heavy atom. The molecule has 4 rings (SSSR count). The maximum atomic E-state index is 13.2. The van der Waals surface area contributed by atoms with E-state index in [4.69, 9.17) is 21.1 Å². The quantitative estimate of drug-likeness (QED) is 0.225. The number of hydrogen-bond donors (Lipinski definition) is 2. The van der Waals surface area contributed by atoms with Gasteiger partial charge in [0.1, 0.15) is 5.25 Å². The zero-order chi connectivity index (χ0) is 26.2. The second-order valence-corrected chi connectivity index (χ2v) is 9.57. The van der Waals surface area contributed by atoms with Crippen molar-refractivity contribution >= 4 is 46.6 Å². The van der Waals surface area contributed by atoms with Crippen LogP contribution in [0.25, 0.3) is 0 Å². The van der Waals surface area contributed by atoms with Crippen molar-refractivity contribution in [2.24, 2.45) is 0 Å². The summed E-state index contributed by atoms with van der Waals surface area (Å²) in [6, 6.07) is 28.9. The Morgan fingerprint density at radius 1 is 0.757 bits per heavy atom. The van der Waals surface area contributed by atoms with E-state index in [1.807, 2.05) is 42.5 Å². The number of thioether (sulfide) groups is 1. The molecule has 0 radical (unpaired) electrons. The van der Waals surface area contributed by atoms with Crippen LogP contribution in [0.4, 0.5) is 11.4 Å². The molecule has 0 saturated heterocycles. The van der Waals surface area contributed by atoms with E-state index in [2.05, 4.69) is 10.6 Å². The molecule has 1 unspecified atom stereocenters. The van der Waals surface area contributed by atoms with Crippen LogP contribution in [0.1, 0.15) is 21.2 Å². The van der Waals surface area contributed by atoms with Gasteiger partial charge >= 0.3 is 0 Å². The third-order valence-electron chi connectivity index (χ3n) is 5.46. The summed E-state index contributed by atoms with van der Waals surface area (Å²) in [6.07, 6.45) is 0. The molecule has 0 spiro atoms. The lowest BCUT2D eigenvalue weighted by atomic mass is 10.1. The molecule has 0 heterocycles. The molecule has 2 amide bonds. The van der Waals surface area contributed by atoms with Crippen LogP contribution in [0.2, 0.25) is 5.02 Å². The third kappa shape index (κ3) is 6.84. The first-order valence-electron chi connectivity index (χ1n) is 11.4. The number of halogens is 1. The first-order chi connectivity index (χ1) is 18.0. The van der Waals surface area contributed by atoms with Crippen LogP contribution in [-0.2, 0) is 4.79 Å². The molecular formula is C29H25ClN2O4S. The van der Waals surface area contributed by atoms with Gasteiger partial charge in [-0.1, -0.05) is 41.9 Å². The molecule has 0 saturated carbocycles. The molecule has 1 atom stereocenters. The molecule has 6 nitrogen and oxygen atoms in total. The molecule has 4 aromatic rings. The molecule has 0 bridgehead atoms. The molecule has 2 N–H and O–H groups in total. The zero-order valence-electron chi connectivity index (χ0n) is 20.2. The normalized spacial score (nSPS) is 11.3. The van der Waals surface area contributed by atoms with Crippen molar-refractivity contribution in [3.8, 4) is 11.5 Å². The van der Waals surface area contributed by atoms with Gasteiger partial charge in [-0.2, -0.15) is 0 Å². The number of nitrogens with one attached hydrogen (secondary N) is 2. The maximum absolute atomic E-state index is 13.2. The van der Waals surface area contributed by atoms with Gasteiger partial charge in [0.2, 0.25) is 5.91 Å². The number of benzene rings is 4. The van der Waals surface area contributed by atoms with Gasteiger partial charge in [-0.3, -0.25) is 9.59 Å². The van der Waals surface area contributed by atoms with Crippen LogP contribution in [0.15, 0.2) is 102 Å². The van der Waals surface area contributed by atoms with Gasteiger partial charge in [-0.15, -0.1) is 11.8 Å². The first kappa shape index (κ1) is 26.1. The summed E-state index contributed by atoms with van der Waals surface area (Å²) in [7, 11) is 3.06. The minimum atomic E-state index is -0.482. The number of carbonyl (C=O) groups excluding carboxylic acids is 2. The van der Waals surface area contributed by atoms with Crippen LogP contribution in [0.3, 0.4) is 0 Å². The van der Waals surface area contributed by atoms with Gasteiger partial charge in [-0.25, -0.2) is 0 Å². The summed E-state index contributed by atoms with van der Waals surface area (Å²) in [6.45, 7) is 0. The highest BCUT2D eigenvalue weighted by molar-refractivity contribution is 8.00. The van der Waals surface area contributed by atoms with Crippen molar-refractivity contribution in [3.05, 3.63) is 113 Å². The van der Waals surface area contributed by atoms with E-state index in [1.165, 1.54) is 18.9 Å². The standard InChI is InChI=1S/C29H25ClN2O4S/c1-35-25-17-8-20(18-26(25)36-2)28(33)31-23-13-15-24(16-14-23)37-27(19-6-4-3-5-7-19)29(34)32-22-11-9-21(30)10-12-22/h3-18,27H,1-2H3,(H,31,33)(H,32,34). The van der Waals surface area contributed by atoms with Crippen LogP contribution >= 0.6 is 23.4 Å². The number of rotatable bonds is 9. The van der Waals surface area contributed by atoms with Crippen LogP contribution in [-0.4, -0.2) is 26.0 Å². The van der Waals surface area contributed by atoms with Crippen molar-refractivity contribution in [2.45, 2.75) is 10.1 Å². The summed E-state index contributed by atoms with van der Waals surface area (Å²) < 4.78 is 10.5. The van der Waals surface area contributed by atoms with Crippen molar-refractivity contribution in [2.75, 3.05) is 24.9 Å². The average molecular weight is 533 g/mol. The number of anilines is 2. The summed E-state index contributed by atoms with van der Waals surface area (Å²) >= 11 is 7.39. The lowest BCUT2D eigenvalue weighted by Gasteiger charge is -2.17. The molecule has 0 aromatic heterocycles. The Balaban J connectivity index is 1.47. The lowest BCUT2D eigenvalue weighted by molar-refractivity contribution is -0.115. The minimum absolute atomic E-state index is 0.149. The predicted octanol–water partition coefficient (Wildman–Crippen LogP) is 7.08. The fourth-order valence-corrected chi connectivity index (χ4v) is 4.73. The van der Waals surface area contributed by atoms with Gasteiger partial charge in [0.15, 0.2) is 11.5 Å². The number of ether oxygens (including phenoxy) is 2. The van der Waals surface area contributed by atoms with Crippen LogP contribution < -0.4 is 20.1 Å². The molecular weight excluding hydrogens is 508 g/mol.